The van der Waals surface area contributed by atoms with Crippen LogP contribution in [0.5, 0.6) is 0 Å². The summed E-state index contributed by atoms with van der Waals surface area (Å²) in [4.78, 5) is 0. The Labute approximate surface area is 86.8 Å². The number of hydrogen-bond acceptors (Lipinski definition) is 1. The van der Waals surface area contributed by atoms with Gasteiger partial charge in [-0.3, -0.25) is 0 Å². The van der Waals surface area contributed by atoms with Crippen LogP contribution >= 0.6 is 0 Å². The Balaban J connectivity index is 2.42. The second kappa shape index (κ2) is 4.61. The van der Waals surface area contributed by atoms with Gasteiger partial charge in [0.1, 0.15) is 0 Å². The van der Waals surface area contributed by atoms with E-state index in [1.165, 1.54) is 5.56 Å². The molecule has 1 nitrogen and oxygen atoms in total. The van der Waals surface area contributed by atoms with E-state index >= 15 is 0 Å². The quantitative estimate of drug-likeness (QED) is 0.777. The predicted octanol–water partition coefficient (Wildman–Crippen LogP) is 3.03. The van der Waals surface area contributed by atoms with Crippen LogP contribution in [-0.2, 0) is 6.42 Å². The number of aliphatic hydroxyl groups is 1. The van der Waals surface area contributed by atoms with E-state index in [2.05, 4.69) is 31.2 Å². The molecule has 0 fully saturated rings. The molecule has 0 aliphatic heterocycles. The summed E-state index contributed by atoms with van der Waals surface area (Å²) >= 11 is 0. The van der Waals surface area contributed by atoms with E-state index in [9.17, 15) is 5.11 Å². The molecule has 14 heavy (non-hydrogen) atoms. The maximum atomic E-state index is 9.76. The highest BCUT2D eigenvalue weighted by Gasteiger charge is 2.21. The molecule has 0 aliphatic rings. The minimum atomic E-state index is -0.561. The van der Waals surface area contributed by atoms with Gasteiger partial charge >= 0.3 is 0 Å². The van der Waals surface area contributed by atoms with Gasteiger partial charge in [-0.05, 0) is 38.2 Å². The first-order chi connectivity index (χ1) is 6.50. The lowest BCUT2D eigenvalue weighted by Crippen LogP contribution is -2.28. The third-order valence-corrected chi connectivity index (χ3v) is 2.91. The van der Waals surface area contributed by atoms with Gasteiger partial charge in [-0.1, -0.05) is 37.3 Å². The van der Waals surface area contributed by atoms with Crippen molar-refractivity contribution in [3.63, 3.8) is 0 Å². The minimum absolute atomic E-state index is 0.336. The van der Waals surface area contributed by atoms with E-state index in [0.717, 1.165) is 12.8 Å². The van der Waals surface area contributed by atoms with Crippen LogP contribution in [-0.4, -0.2) is 10.7 Å². The van der Waals surface area contributed by atoms with E-state index < -0.39 is 5.60 Å². The molecule has 0 radical (unpaired) electrons. The van der Waals surface area contributed by atoms with Crippen molar-refractivity contribution in [3.8, 4) is 0 Å². The fourth-order valence-electron chi connectivity index (χ4n) is 1.38. The van der Waals surface area contributed by atoms with Gasteiger partial charge in [0, 0.05) is 0 Å². The summed E-state index contributed by atoms with van der Waals surface area (Å²) in [6, 6.07) is 10.4. The van der Waals surface area contributed by atoms with Gasteiger partial charge in [0.25, 0.3) is 0 Å². The number of benzene rings is 1. The Bertz CT molecular complexity index is 258. The zero-order chi connectivity index (χ0) is 10.6. The lowest BCUT2D eigenvalue weighted by molar-refractivity contribution is 0.0215. The third-order valence-electron chi connectivity index (χ3n) is 2.91. The van der Waals surface area contributed by atoms with Crippen molar-refractivity contribution in [2.45, 2.75) is 39.2 Å². The summed E-state index contributed by atoms with van der Waals surface area (Å²) in [6.07, 6.45) is 2.08. The summed E-state index contributed by atoms with van der Waals surface area (Å²) < 4.78 is 0. The highest BCUT2D eigenvalue weighted by atomic mass is 16.3. The van der Waals surface area contributed by atoms with Crippen molar-refractivity contribution < 1.29 is 5.11 Å². The van der Waals surface area contributed by atoms with E-state index in [1.807, 2.05) is 19.9 Å². The second-order valence-corrected chi connectivity index (χ2v) is 4.58. The lowest BCUT2D eigenvalue weighted by atomic mass is 9.88. The Kier molecular flexibility index (Phi) is 3.70. The van der Waals surface area contributed by atoms with Gasteiger partial charge < -0.3 is 5.11 Å². The fraction of sp³-hybridized carbons (Fsp3) is 0.538. The molecule has 1 atom stereocenters. The lowest BCUT2D eigenvalue weighted by Gasteiger charge is -2.25. The van der Waals surface area contributed by atoms with E-state index in [4.69, 9.17) is 0 Å². The van der Waals surface area contributed by atoms with Gasteiger partial charge in [0.2, 0.25) is 0 Å². The van der Waals surface area contributed by atoms with Gasteiger partial charge in [-0.15, -0.1) is 0 Å². The van der Waals surface area contributed by atoms with Crippen molar-refractivity contribution in [1.29, 1.82) is 0 Å². The van der Waals surface area contributed by atoms with Crippen LogP contribution in [0, 0.1) is 5.92 Å². The van der Waals surface area contributed by atoms with Crippen LogP contribution in [0.2, 0.25) is 0 Å². The van der Waals surface area contributed by atoms with Crippen LogP contribution in [0.25, 0.3) is 0 Å². The smallest absolute Gasteiger partial charge is 0.0617 e. The largest absolute Gasteiger partial charge is 0.390 e. The average molecular weight is 192 g/mol. The van der Waals surface area contributed by atoms with Crippen molar-refractivity contribution >= 4 is 0 Å². The molecule has 1 unspecified atom stereocenters. The Morgan fingerprint density at radius 3 is 2.29 bits per heavy atom. The normalized spacial score (nSPS) is 14.0. The first-order valence-electron chi connectivity index (χ1n) is 5.26. The summed E-state index contributed by atoms with van der Waals surface area (Å²) in [5, 5.41) is 9.76. The first-order valence-corrected chi connectivity index (χ1v) is 5.26. The molecule has 0 amide bonds. The van der Waals surface area contributed by atoms with Crippen LogP contribution in [0.3, 0.4) is 0 Å². The summed E-state index contributed by atoms with van der Waals surface area (Å²) in [5.41, 5.74) is 0.790. The molecular formula is C13H20O. The molecule has 0 heterocycles. The Hall–Kier alpha value is -0.820. The van der Waals surface area contributed by atoms with E-state index in [0.29, 0.717) is 5.92 Å². The van der Waals surface area contributed by atoms with Gasteiger partial charge in [-0.2, -0.15) is 0 Å². The monoisotopic (exact) mass is 192 g/mol. The Morgan fingerprint density at radius 1 is 1.21 bits per heavy atom. The maximum Gasteiger partial charge on any atom is 0.0617 e. The van der Waals surface area contributed by atoms with Crippen molar-refractivity contribution in [3.05, 3.63) is 35.9 Å². The molecule has 0 spiro atoms. The van der Waals surface area contributed by atoms with Crippen LogP contribution in [0.4, 0.5) is 0 Å². The minimum Gasteiger partial charge on any atom is -0.390 e. The number of aryl methyl sites for hydroxylation is 1. The molecule has 78 valence electrons. The number of hydrogen-bond donors (Lipinski definition) is 1. The Morgan fingerprint density at radius 2 is 1.79 bits per heavy atom. The standard InChI is InChI=1S/C13H20O/c1-11(13(2,3)14)9-10-12-7-5-4-6-8-12/h4-8,11,14H,9-10H2,1-3H3. The zero-order valence-electron chi connectivity index (χ0n) is 9.33. The van der Waals surface area contributed by atoms with Crippen molar-refractivity contribution in [2.75, 3.05) is 0 Å². The first kappa shape index (κ1) is 11.3. The molecule has 0 bridgehead atoms. The molecule has 0 aliphatic carbocycles. The molecular weight excluding hydrogens is 172 g/mol. The van der Waals surface area contributed by atoms with E-state index in [1.54, 1.807) is 0 Å². The van der Waals surface area contributed by atoms with Gasteiger partial charge in [0.05, 0.1) is 5.60 Å². The van der Waals surface area contributed by atoms with Gasteiger partial charge in [-0.25, -0.2) is 0 Å². The molecule has 1 N–H and O–H groups in total. The molecule has 0 saturated heterocycles. The van der Waals surface area contributed by atoms with Crippen LogP contribution in [0.15, 0.2) is 30.3 Å². The molecule has 1 aromatic carbocycles. The summed E-state index contributed by atoms with van der Waals surface area (Å²) in [6.45, 7) is 5.86. The topological polar surface area (TPSA) is 20.2 Å². The predicted molar refractivity (Wildman–Crippen MR) is 60.2 cm³/mol. The highest BCUT2D eigenvalue weighted by Crippen LogP contribution is 2.21. The molecule has 1 aromatic rings. The summed E-state index contributed by atoms with van der Waals surface area (Å²) in [5.74, 6) is 0.336. The van der Waals surface area contributed by atoms with Crippen molar-refractivity contribution in [1.82, 2.24) is 0 Å². The third kappa shape index (κ3) is 3.51. The van der Waals surface area contributed by atoms with E-state index in [-0.39, 0.29) is 0 Å². The number of rotatable bonds is 4. The van der Waals surface area contributed by atoms with Crippen molar-refractivity contribution in [2.24, 2.45) is 5.92 Å². The second-order valence-electron chi connectivity index (χ2n) is 4.58. The maximum absolute atomic E-state index is 9.76. The molecule has 0 saturated carbocycles. The summed E-state index contributed by atoms with van der Waals surface area (Å²) in [7, 11) is 0. The highest BCUT2D eigenvalue weighted by molar-refractivity contribution is 5.14. The molecule has 1 heteroatoms. The van der Waals surface area contributed by atoms with Crippen LogP contribution < -0.4 is 0 Å². The zero-order valence-corrected chi connectivity index (χ0v) is 9.33. The fourth-order valence-corrected chi connectivity index (χ4v) is 1.38. The van der Waals surface area contributed by atoms with Crippen LogP contribution in [0.1, 0.15) is 32.8 Å². The van der Waals surface area contributed by atoms with Gasteiger partial charge in [0.15, 0.2) is 0 Å². The molecule has 0 aromatic heterocycles. The average Bonchev–Trinajstić information content (AvgIpc) is 2.14. The SMILES string of the molecule is CC(CCc1ccccc1)C(C)(C)O. The molecule has 1 rings (SSSR count).